The van der Waals surface area contributed by atoms with Crippen LogP contribution in [0.5, 0.6) is 0 Å². The van der Waals surface area contributed by atoms with E-state index in [0.29, 0.717) is 38.6 Å². The second-order valence-corrected chi connectivity index (χ2v) is 31.2. The molecule has 4 fully saturated rings. The van der Waals surface area contributed by atoms with E-state index in [1.54, 1.807) is 55.4 Å². The Bertz CT molecular complexity index is 3350. The van der Waals surface area contributed by atoms with Crippen molar-refractivity contribution in [3.05, 3.63) is 0 Å². The summed E-state index contributed by atoms with van der Waals surface area (Å²) in [6, 6.07) is -19.4. The minimum absolute atomic E-state index is 0.0246. The summed E-state index contributed by atoms with van der Waals surface area (Å²) < 4.78 is 0. The van der Waals surface area contributed by atoms with E-state index in [2.05, 4.69) is 47.9 Å². The number of carbonyl (C=O) groups is 18. The van der Waals surface area contributed by atoms with Gasteiger partial charge in [0, 0.05) is 39.0 Å². The summed E-state index contributed by atoms with van der Waals surface area (Å²) in [7, 11) is 0. The number of unbranched alkanes of at least 4 members (excludes halogenated alkanes) is 1. The highest BCUT2D eigenvalue weighted by Crippen LogP contribution is 2.27. The average molecular weight is 1570 g/mol. The molecule has 0 radical (unpaired) electrons. The third kappa shape index (κ3) is 28.3. The molecule has 15 atom stereocenters. The molecule has 111 heavy (non-hydrogen) atoms. The number of nitrogens with two attached hydrogens (primary N) is 3. The largest absolute Gasteiger partial charge is 0.481 e. The molecule has 4 aliphatic rings. The van der Waals surface area contributed by atoms with Gasteiger partial charge in [0.25, 0.3) is 0 Å². The predicted molar refractivity (Wildman–Crippen MR) is 399 cm³/mol. The summed E-state index contributed by atoms with van der Waals surface area (Å²) in [5.41, 5.74) is 17.2. The number of amides is 15. The molecule has 4 saturated heterocycles. The molecular formula is C73H121N17O21. The molecule has 4 heterocycles. The lowest BCUT2D eigenvalue weighted by atomic mass is 9.98. The van der Waals surface area contributed by atoms with Crippen molar-refractivity contribution in [2.24, 2.45) is 46.8 Å². The lowest BCUT2D eigenvalue weighted by molar-refractivity contribution is -0.147. The highest BCUT2D eigenvalue weighted by atomic mass is 16.4. The standard InChI is InChI=1S/C73H121N17O21/c1-36(2)33-46(63(100)85-57(39(7)8)68(105)80-43(19-13-14-28-74)61(98)79-44(24-26-53(75)91)62(99)84-48(73(110)111)35-55(94)95)82-65(102)51-22-18-32-90(51)72(109)58(40(9)10)86-67(104)52-23-16-29-87(52)69(106)45(25-27-54(92)93)81-60(97)42(12)77-59(96)41(11)78-64(101)49-20-15-30-88(49)70(107)47(34-37(3)4)83-66(103)50-21-17-31-89(50)71(108)56(76)38(5)6/h36-52,56-58H,13-35,74,76H2,1-12H3,(H2,75,91)(H,77,96)(H,78,101)(H,79,98)(H,80,105)(H,81,97)(H,82,102)(H,83,103)(H,84,99)(H,85,100)(H,86,104)(H,92,93)(H,94,95)(H,110,111)/t41-,42-,43-,44-,45-,46-,47-,48-,49-,50-,51-,52-,56-,57-,58-/m0/s1. The Morgan fingerprint density at radius 1 is 0.369 bits per heavy atom. The van der Waals surface area contributed by atoms with E-state index in [4.69, 9.17) is 17.2 Å². The van der Waals surface area contributed by atoms with Crippen molar-refractivity contribution in [2.75, 3.05) is 32.7 Å². The highest BCUT2D eigenvalue weighted by molar-refractivity contribution is 6.01. The molecule has 0 unspecified atom stereocenters. The van der Waals surface area contributed by atoms with Gasteiger partial charge in [-0.15, -0.1) is 0 Å². The van der Waals surface area contributed by atoms with Crippen LogP contribution in [0.4, 0.5) is 0 Å². The Morgan fingerprint density at radius 2 is 0.757 bits per heavy atom. The zero-order valence-electron chi connectivity index (χ0n) is 66.0. The van der Waals surface area contributed by atoms with Crippen LogP contribution in [0.15, 0.2) is 0 Å². The number of likely N-dealkylation sites (tertiary alicyclic amines) is 4. The van der Waals surface area contributed by atoms with E-state index >= 15 is 0 Å². The van der Waals surface area contributed by atoms with Crippen molar-refractivity contribution >= 4 is 107 Å². The molecule has 0 aromatic heterocycles. The zero-order valence-corrected chi connectivity index (χ0v) is 66.0. The number of carboxylic acids is 3. The monoisotopic (exact) mass is 1570 g/mol. The van der Waals surface area contributed by atoms with Gasteiger partial charge in [-0.2, -0.15) is 0 Å². The lowest BCUT2D eigenvalue weighted by Gasteiger charge is -2.33. The molecule has 38 nitrogen and oxygen atoms in total. The van der Waals surface area contributed by atoms with E-state index < -0.39 is 235 Å². The van der Waals surface area contributed by atoms with Gasteiger partial charge in [0.1, 0.15) is 84.6 Å². The maximum Gasteiger partial charge on any atom is 0.326 e. The SMILES string of the molecule is CC(C)C[C@H](NC(=O)[C@@H]1CCCN1C(=O)[C@@H](NC(=O)[C@@H]1CCCN1C(=O)[C@H](CCC(=O)O)NC(=O)[C@H](C)NC(=O)[C@H](C)NC(=O)[C@@H]1CCCN1C(=O)[C@H](CC(C)C)NC(=O)[C@@H]1CCCN1C(=O)[C@@H](N)C(C)C)C(C)C)C(=O)N[C@H](C(=O)N[C@@H](CCCCN)C(=O)N[C@@H](CCC(N)=O)C(=O)N[C@@H](CC(=O)O)C(=O)O)C(C)C. The molecule has 15 amide bonds. The number of nitrogens with one attached hydrogen (secondary N) is 10. The van der Waals surface area contributed by atoms with Crippen LogP contribution in [-0.2, 0) is 86.3 Å². The number of carbonyl (C=O) groups excluding carboxylic acids is 15. The first-order chi connectivity index (χ1) is 52.0. The van der Waals surface area contributed by atoms with Gasteiger partial charge in [0.15, 0.2) is 0 Å². The molecule has 0 spiro atoms. The number of primary amides is 1. The van der Waals surface area contributed by atoms with E-state index in [1.807, 2.05) is 19.2 Å². The van der Waals surface area contributed by atoms with Crippen LogP contribution in [0.25, 0.3) is 0 Å². The highest BCUT2D eigenvalue weighted by Gasteiger charge is 2.46. The van der Waals surface area contributed by atoms with Gasteiger partial charge >= 0.3 is 17.9 Å². The molecule has 624 valence electrons. The number of hydrogen-bond acceptors (Lipinski definition) is 20. The minimum Gasteiger partial charge on any atom is -0.481 e. The quantitative estimate of drug-likeness (QED) is 0.0271. The van der Waals surface area contributed by atoms with Crippen molar-refractivity contribution in [1.29, 1.82) is 0 Å². The van der Waals surface area contributed by atoms with E-state index in [9.17, 15) is 102 Å². The average Bonchev–Trinajstić information content (AvgIpc) is 1.70. The number of nitrogens with zero attached hydrogens (tertiary/aromatic N) is 4. The van der Waals surface area contributed by atoms with Gasteiger partial charge in [-0.05, 0) is 146 Å². The smallest absolute Gasteiger partial charge is 0.326 e. The summed E-state index contributed by atoms with van der Waals surface area (Å²) in [6.45, 7) is 20.7. The van der Waals surface area contributed by atoms with Crippen molar-refractivity contribution in [2.45, 2.75) is 289 Å². The Balaban J connectivity index is 1.44. The second-order valence-electron chi connectivity index (χ2n) is 31.2. The van der Waals surface area contributed by atoms with Crippen LogP contribution in [0, 0.1) is 29.6 Å². The molecule has 0 aliphatic carbocycles. The van der Waals surface area contributed by atoms with Crippen molar-refractivity contribution in [3.8, 4) is 0 Å². The maximum absolute atomic E-state index is 14.7. The summed E-state index contributed by atoms with van der Waals surface area (Å²) in [4.78, 5) is 249. The van der Waals surface area contributed by atoms with Gasteiger partial charge < -0.3 is 105 Å². The third-order valence-corrected chi connectivity index (χ3v) is 20.1. The molecule has 19 N–H and O–H groups in total. The maximum atomic E-state index is 14.7. The Kier molecular flexibility index (Phi) is 37.5. The molecule has 38 heteroatoms. The Labute approximate surface area is 647 Å². The van der Waals surface area contributed by atoms with Gasteiger partial charge in [0.05, 0.1) is 12.5 Å². The number of rotatable bonds is 44. The number of carboxylic acid groups (broad SMARTS) is 3. The van der Waals surface area contributed by atoms with E-state index in [1.165, 1.54) is 33.4 Å². The van der Waals surface area contributed by atoms with Crippen molar-refractivity contribution in [1.82, 2.24) is 72.8 Å². The van der Waals surface area contributed by atoms with E-state index in [-0.39, 0.29) is 101 Å². The van der Waals surface area contributed by atoms with E-state index in [0.717, 1.165) is 0 Å². The lowest BCUT2D eigenvalue weighted by Crippen LogP contribution is -2.61. The second kappa shape index (κ2) is 44.4. The van der Waals surface area contributed by atoms with Crippen LogP contribution in [0.2, 0.25) is 0 Å². The normalized spacial score (nSPS) is 20.0. The molecule has 0 aromatic carbocycles. The molecule has 4 aliphatic heterocycles. The first kappa shape index (κ1) is 93.8. The third-order valence-electron chi connectivity index (χ3n) is 20.1. The topological polar surface area (TPSA) is 579 Å². The Hall–Kier alpha value is -9.62. The zero-order chi connectivity index (χ0) is 83.6. The molecule has 0 saturated carbocycles. The van der Waals surface area contributed by atoms with Gasteiger partial charge in [0.2, 0.25) is 88.6 Å². The number of aliphatic carboxylic acids is 3. The van der Waals surface area contributed by atoms with Crippen LogP contribution in [0.1, 0.15) is 199 Å². The van der Waals surface area contributed by atoms with Crippen LogP contribution >= 0.6 is 0 Å². The first-order valence-corrected chi connectivity index (χ1v) is 38.7. The van der Waals surface area contributed by atoms with Gasteiger partial charge in [-0.3, -0.25) is 81.5 Å². The first-order valence-electron chi connectivity index (χ1n) is 38.7. The summed E-state index contributed by atoms with van der Waals surface area (Å²) >= 11 is 0. The fraction of sp³-hybridized carbons (Fsp3) is 0.753. The fourth-order valence-electron chi connectivity index (χ4n) is 13.9. The fourth-order valence-corrected chi connectivity index (χ4v) is 13.9. The molecule has 4 rings (SSSR count). The predicted octanol–water partition coefficient (Wildman–Crippen LogP) is -2.96. The van der Waals surface area contributed by atoms with Crippen molar-refractivity contribution in [3.63, 3.8) is 0 Å². The minimum atomic E-state index is -1.93. The Morgan fingerprint density at radius 3 is 1.21 bits per heavy atom. The molecule has 0 aromatic rings. The molecule has 0 bridgehead atoms. The summed E-state index contributed by atoms with van der Waals surface area (Å²) in [6.07, 6.45) is 0.175. The number of hydrogen-bond donors (Lipinski definition) is 16. The van der Waals surface area contributed by atoms with Crippen molar-refractivity contribution < 1.29 is 102 Å². The molecular weight excluding hydrogens is 1450 g/mol. The van der Waals surface area contributed by atoms with Gasteiger partial charge in [-0.25, -0.2) is 4.79 Å². The summed E-state index contributed by atoms with van der Waals surface area (Å²) in [5, 5.41) is 54.2. The van der Waals surface area contributed by atoms with Gasteiger partial charge in [-0.1, -0.05) is 69.2 Å². The van der Waals surface area contributed by atoms with Crippen LogP contribution in [-0.4, -0.2) is 265 Å². The summed E-state index contributed by atoms with van der Waals surface area (Å²) in [5.74, 6) is -18.0. The van der Waals surface area contributed by atoms with Crippen LogP contribution in [0.3, 0.4) is 0 Å². The van der Waals surface area contributed by atoms with Crippen LogP contribution < -0.4 is 70.4 Å².